The normalized spacial score (nSPS) is 12.2. The standard InChI is InChI=1S/C11H14Cl2N2O/c1-8(12)4-6-15(2)11(16)9-3-5-14-7-10(9)13/h3,5,7-8H,4,6H2,1-2H3. The van der Waals surface area contributed by atoms with Crippen molar-refractivity contribution in [3.63, 3.8) is 0 Å². The van der Waals surface area contributed by atoms with E-state index in [1.807, 2.05) is 6.92 Å². The molecule has 0 aliphatic carbocycles. The molecule has 0 aliphatic heterocycles. The highest BCUT2D eigenvalue weighted by Crippen LogP contribution is 2.15. The van der Waals surface area contributed by atoms with Gasteiger partial charge < -0.3 is 4.90 Å². The minimum Gasteiger partial charge on any atom is -0.342 e. The highest BCUT2D eigenvalue weighted by molar-refractivity contribution is 6.33. The molecular formula is C11H14Cl2N2O. The maximum atomic E-state index is 11.9. The van der Waals surface area contributed by atoms with Gasteiger partial charge in [0.2, 0.25) is 0 Å². The van der Waals surface area contributed by atoms with Gasteiger partial charge in [-0.15, -0.1) is 11.6 Å². The molecule has 0 N–H and O–H groups in total. The third-order valence-corrected chi connectivity index (χ3v) is 2.73. The Kier molecular flexibility index (Phi) is 5.03. The smallest absolute Gasteiger partial charge is 0.255 e. The first-order valence-corrected chi connectivity index (χ1v) is 5.83. The lowest BCUT2D eigenvalue weighted by Gasteiger charge is -2.18. The van der Waals surface area contributed by atoms with Crippen LogP contribution in [0.5, 0.6) is 0 Å². The van der Waals surface area contributed by atoms with Gasteiger partial charge in [0.25, 0.3) is 5.91 Å². The largest absolute Gasteiger partial charge is 0.342 e. The zero-order chi connectivity index (χ0) is 12.1. The molecule has 0 bridgehead atoms. The first-order valence-electron chi connectivity index (χ1n) is 5.01. The predicted octanol–water partition coefficient (Wildman–Crippen LogP) is 2.82. The van der Waals surface area contributed by atoms with Gasteiger partial charge in [0.15, 0.2) is 0 Å². The Bertz CT molecular complexity index is 369. The molecule has 1 rings (SSSR count). The van der Waals surface area contributed by atoms with E-state index in [4.69, 9.17) is 23.2 Å². The fourth-order valence-corrected chi connectivity index (χ4v) is 1.53. The summed E-state index contributed by atoms with van der Waals surface area (Å²) in [5, 5.41) is 0.432. The molecule has 0 fully saturated rings. The summed E-state index contributed by atoms with van der Waals surface area (Å²) in [6, 6.07) is 1.62. The van der Waals surface area contributed by atoms with Crippen molar-refractivity contribution in [2.75, 3.05) is 13.6 Å². The Hall–Kier alpha value is -0.800. The number of hydrogen-bond acceptors (Lipinski definition) is 2. The van der Waals surface area contributed by atoms with Crippen molar-refractivity contribution in [3.05, 3.63) is 29.0 Å². The molecule has 0 saturated carbocycles. The van der Waals surface area contributed by atoms with Crippen LogP contribution in [0, 0.1) is 0 Å². The van der Waals surface area contributed by atoms with Crippen molar-refractivity contribution in [2.24, 2.45) is 0 Å². The van der Waals surface area contributed by atoms with Crippen molar-refractivity contribution < 1.29 is 4.79 Å². The van der Waals surface area contributed by atoms with E-state index in [0.29, 0.717) is 17.1 Å². The number of pyridine rings is 1. The fourth-order valence-electron chi connectivity index (χ4n) is 1.23. The van der Waals surface area contributed by atoms with Gasteiger partial charge in [-0.05, 0) is 19.4 Å². The Morgan fingerprint density at radius 3 is 2.88 bits per heavy atom. The Morgan fingerprint density at radius 2 is 2.31 bits per heavy atom. The monoisotopic (exact) mass is 260 g/mol. The van der Waals surface area contributed by atoms with Crippen LogP contribution >= 0.6 is 23.2 Å². The van der Waals surface area contributed by atoms with E-state index in [2.05, 4.69) is 4.98 Å². The van der Waals surface area contributed by atoms with Crippen LogP contribution in [0.4, 0.5) is 0 Å². The average molecular weight is 261 g/mol. The number of alkyl halides is 1. The van der Waals surface area contributed by atoms with Crippen LogP contribution in [0.2, 0.25) is 5.02 Å². The molecule has 0 aliphatic rings. The summed E-state index contributed by atoms with van der Waals surface area (Å²) < 4.78 is 0. The van der Waals surface area contributed by atoms with Gasteiger partial charge in [-0.2, -0.15) is 0 Å². The Morgan fingerprint density at radius 1 is 1.62 bits per heavy atom. The minimum atomic E-state index is -0.107. The van der Waals surface area contributed by atoms with Crippen LogP contribution < -0.4 is 0 Å². The lowest BCUT2D eigenvalue weighted by atomic mass is 10.2. The van der Waals surface area contributed by atoms with Crippen LogP contribution in [0.1, 0.15) is 23.7 Å². The van der Waals surface area contributed by atoms with Gasteiger partial charge in [0.1, 0.15) is 0 Å². The van der Waals surface area contributed by atoms with E-state index in [0.717, 1.165) is 6.42 Å². The molecule has 1 aromatic rings. The number of carbonyl (C=O) groups excluding carboxylic acids is 1. The Labute approximate surface area is 105 Å². The summed E-state index contributed by atoms with van der Waals surface area (Å²) in [6.45, 7) is 2.52. The number of nitrogens with zero attached hydrogens (tertiary/aromatic N) is 2. The van der Waals surface area contributed by atoms with Gasteiger partial charge in [0.05, 0.1) is 10.6 Å². The second kappa shape index (κ2) is 6.06. The van der Waals surface area contributed by atoms with Crippen LogP contribution in [-0.4, -0.2) is 34.8 Å². The summed E-state index contributed by atoms with van der Waals surface area (Å²) in [4.78, 5) is 17.4. The molecule has 1 amide bonds. The fraction of sp³-hybridized carbons (Fsp3) is 0.455. The number of rotatable bonds is 4. The van der Waals surface area contributed by atoms with E-state index >= 15 is 0 Å². The van der Waals surface area contributed by atoms with Gasteiger partial charge >= 0.3 is 0 Å². The van der Waals surface area contributed by atoms with E-state index in [1.165, 1.54) is 6.20 Å². The zero-order valence-corrected chi connectivity index (χ0v) is 10.8. The number of halogens is 2. The Balaban J connectivity index is 2.67. The van der Waals surface area contributed by atoms with E-state index < -0.39 is 0 Å². The quantitative estimate of drug-likeness (QED) is 0.781. The molecule has 5 heteroatoms. The van der Waals surface area contributed by atoms with Gasteiger partial charge in [-0.3, -0.25) is 9.78 Å². The number of carbonyl (C=O) groups is 1. The highest BCUT2D eigenvalue weighted by atomic mass is 35.5. The molecule has 0 aromatic carbocycles. The maximum absolute atomic E-state index is 11.9. The summed E-state index contributed by atoms with van der Waals surface area (Å²) in [5.41, 5.74) is 0.474. The van der Waals surface area contributed by atoms with Gasteiger partial charge in [-0.1, -0.05) is 11.6 Å². The summed E-state index contributed by atoms with van der Waals surface area (Å²) in [5.74, 6) is -0.107. The van der Waals surface area contributed by atoms with E-state index in [9.17, 15) is 4.79 Å². The van der Waals surface area contributed by atoms with E-state index in [1.54, 1.807) is 24.2 Å². The molecule has 0 spiro atoms. The summed E-state index contributed by atoms with van der Waals surface area (Å²) >= 11 is 11.7. The molecule has 1 heterocycles. The second-order valence-electron chi connectivity index (χ2n) is 3.65. The van der Waals surface area contributed by atoms with Crippen LogP contribution in [0.15, 0.2) is 18.5 Å². The SMILES string of the molecule is CC(Cl)CCN(C)C(=O)c1ccncc1Cl. The first-order chi connectivity index (χ1) is 7.52. The maximum Gasteiger partial charge on any atom is 0.255 e. The predicted molar refractivity (Wildman–Crippen MR) is 66.1 cm³/mol. The van der Waals surface area contributed by atoms with Crippen molar-refractivity contribution in [1.29, 1.82) is 0 Å². The molecule has 1 unspecified atom stereocenters. The third kappa shape index (κ3) is 3.65. The summed E-state index contributed by atoms with van der Waals surface area (Å²) in [6.07, 6.45) is 3.77. The molecule has 1 atom stereocenters. The average Bonchev–Trinajstić information content (AvgIpc) is 2.25. The first kappa shape index (κ1) is 13.3. The lowest BCUT2D eigenvalue weighted by molar-refractivity contribution is 0.0794. The molecular weight excluding hydrogens is 247 g/mol. The summed E-state index contributed by atoms with van der Waals surface area (Å²) in [7, 11) is 1.73. The zero-order valence-electron chi connectivity index (χ0n) is 9.28. The van der Waals surface area contributed by atoms with Crippen molar-refractivity contribution in [1.82, 2.24) is 9.88 Å². The van der Waals surface area contributed by atoms with Crippen molar-refractivity contribution >= 4 is 29.1 Å². The van der Waals surface area contributed by atoms with Crippen molar-refractivity contribution in [2.45, 2.75) is 18.7 Å². The highest BCUT2D eigenvalue weighted by Gasteiger charge is 2.14. The molecule has 16 heavy (non-hydrogen) atoms. The van der Waals surface area contributed by atoms with Crippen molar-refractivity contribution in [3.8, 4) is 0 Å². The molecule has 0 saturated heterocycles. The van der Waals surface area contributed by atoms with E-state index in [-0.39, 0.29) is 11.3 Å². The molecule has 0 radical (unpaired) electrons. The molecule has 88 valence electrons. The number of hydrogen-bond donors (Lipinski definition) is 0. The van der Waals surface area contributed by atoms with Gasteiger partial charge in [-0.25, -0.2) is 0 Å². The van der Waals surface area contributed by atoms with Gasteiger partial charge in [0, 0.05) is 31.4 Å². The third-order valence-electron chi connectivity index (χ3n) is 2.21. The lowest BCUT2D eigenvalue weighted by Crippen LogP contribution is -2.29. The topological polar surface area (TPSA) is 33.2 Å². The number of amides is 1. The number of aromatic nitrogens is 1. The second-order valence-corrected chi connectivity index (χ2v) is 4.80. The van der Waals surface area contributed by atoms with Crippen LogP contribution in [-0.2, 0) is 0 Å². The van der Waals surface area contributed by atoms with Crippen LogP contribution in [0.3, 0.4) is 0 Å². The van der Waals surface area contributed by atoms with Crippen LogP contribution in [0.25, 0.3) is 0 Å². The molecule has 1 aromatic heterocycles. The minimum absolute atomic E-state index is 0.0585. The molecule has 3 nitrogen and oxygen atoms in total.